The maximum Gasteiger partial charge on any atom is 0.222 e. The number of benzene rings is 1. The third kappa shape index (κ3) is 3.18. The van der Waals surface area contributed by atoms with Crippen molar-refractivity contribution in [2.45, 2.75) is 44.1 Å². The molecule has 1 N–H and O–H groups in total. The number of imidazole rings is 1. The Labute approximate surface area is 127 Å². The predicted octanol–water partition coefficient (Wildman–Crippen LogP) is 3.14. The van der Waals surface area contributed by atoms with Crippen molar-refractivity contribution in [2.75, 3.05) is 0 Å². The molecule has 0 spiro atoms. The van der Waals surface area contributed by atoms with Crippen molar-refractivity contribution in [1.29, 1.82) is 0 Å². The lowest BCUT2D eigenvalue weighted by Gasteiger charge is -2.10. The molecule has 112 valence electrons. The van der Waals surface area contributed by atoms with E-state index in [1.165, 1.54) is 12.1 Å². The number of rotatable bonds is 5. The zero-order valence-corrected chi connectivity index (χ0v) is 12.5. The summed E-state index contributed by atoms with van der Waals surface area (Å²) in [7, 11) is 0. The first-order valence-corrected chi connectivity index (χ1v) is 7.57. The summed E-state index contributed by atoms with van der Waals surface area (Å²) >= 11 is 6.15. The van der Waals surface area contributed by atoms with Crippen LogP contribution in [0.15, 0.2) is 18.2 Å². The molecule has 2 aromatic rings. The monoisotopic (exact) mass is 309 g/mol. The van der Waals surface area contributed by atoms with Gasteiger partial charge in [0, 0.05) is 19.0 Å². The van der Waals surface area contributed by atoms with Crippen molar-refractivity contribution in [2.24, 2.45) is 0 Å². The van der Waals surface area contributed by atoms with Gasteiger partial charge in [-0.1, -0.05) is 0 Å². The Bertz CT molecular complexity index is 679. The number of aromatic nitrogens is 2. The summed E-state index contributed by atoms with van der Waals surface area (Å²) in [6, 6.07) is 4.79. The topological polar surface area (TPSA) is 46.9 Å². The summed E-state index contributed by atoms with van der Waals surface area (Å²) in [4.78, 5) is 16.3. The van der Waals surface area contributed by atoms with E-state index in [-0.39, 0.29) is 17.1 Å². The second kappa shape index (κ2) is 5.64. The summed E-state index contributed by atoms with van der Waals surface area (Å²) in [5.74, 6) is 0.361. The highest BCUT2D eigenvalue weighted by Gasteiger charge is 2.23. The van der Waals surface area contributed by atoms with Gasteiger partial charge in [0.2, 0.25) is 5.91 Å². The van der Waals surface area contributed by atoms with Gasteiger partial charge in [0.25, 0.3) is 0 Å². The van der Waals surface area contributed by atoms with E-state index in [1.807, 2.05) is 11.5 Å². The average molecular weight is 310 g/mol. The van der Waals surface area contributed by atoms with Gasteiger partial charge in [-0.15, -0.1) is 11.6 Å². The fraction of sp³-hybridized carbons (Fsp3) is 0.467. The highest BCUT2D eigenvalue weighted by molar-refractivity contribution is 6.20. The minimum atomic E-state index is -0.320. The summed E-state index contributed by atoms with van der Waals surface area (Å²) in [6.45, 7) is 2.27. The first kappa shape index (κ1) is 14.3. The van der Waals surface area contributed by atoms with E-state index in [2.05, 4.69) is 10.3 Å². The van der Waals surface area contributed by atoms with Crippen molar-refractivity contribution in [3.05, 3.63) is 29.8 Å². The van der Waals surface area contributed by atoms with E-state index in [4.69, 9.17) is 11.6 Å². The van der Waals surface area contributed by atoms with E-state index in [0.717, 1.165) is 12.8 Å². The van der Waals surface area contributed by atoms with Crippen molar-refractivity contribution < 1.29 is 9.18 Å². The molecule has 1 unspecified atom stereocenters. The van der Waals surface area contributed by atoms with Crippen LogP contribution >= 0.6 is 11.6 Å². The van der Waals surface area contributed by atoms with Crippen LogP contribution in [0.5, 0.6) is 0 Å². The Morgan fingerprint density at radius 2 is 2.33 bits per heavy atom. The van der Waals surface area contributed by atoms with E-state index < -0.39 is 0 Å². The van der Waals surface area contributed by atoms with Gasteiger partial charge in [-0.25, -0.2) is 9.37 Å². The van der Waals surface area contributed by atoms with Crippen LogP contribution in [0, 0.1) is 5.82 Å². The predicted molar refractivity (Wildman–Crippen MR) is 79.7 cm³/mol. The highest BCUT2D eigenvalue weighted by atomic mass is 35.5. The van der Waals surface area contributed by atoms with E-state index in [1.54, 1.807) is 6.07 Å². The summed E-state index contributed by atoms with van der Waals surface area (Å²) < 4.78 is 15.3. The molecule has 0 radical (unpaired) electrons. The lowest BCUT2D eigenvalue weighted by molar-refractivity contribution is -0.121. The second-order valence-corrected chi connectivity index (χ2v) is 6.12. The van der Waals surface area contributed by atoms with Crippen LogP contribution in [0.2, 0.25) is 0 Å². The standard InChI is InChI=1S/C15H17ClFN3O/c1-9(16)15-19-12-5-2-10(17)8-13(12)20(15)7-6-14(21)18-11-3-4-11/h2,5,8-9,11H,3-4,6-7H2,1H3,(H,18,21). The Kier molecular flexibility index (Phi) is 3.85. The minimum absolute atomic E-state index is 0.0175. The summed E-state index contributed by atoms with van der Waals surface area (Å²) in [5, 5.41) is 2.65. The molecule has 1 aliphatic carbocycles. The third-order valence-electron chi connectivity index (χ3n) is 3.60. The van der Waals surface area contributed by atoms with Crippen molar-refractivity contribution in [3.63, 3.8) is 0 Å². The molecule has 21 heavy (non-hydrogen) atoms. The molecule has 0 aliphatic heterocycles. The van der Waals surface area contributed by atoms with Crippen LogP contribution in [0.25, 0.3) is 11.0 Å². The number of carbonyl (C=O) groups is 1. The number of carbonyl (C=O) groups excluding carboxylic acids is 1. The average Bonchev–Trinajstić information content (AvgIpc) is 3.16. The maximum atomic E-state index is 13.5. The third-order valence-corrected chi connectivity index (χ3v) is 3.80. The fourth-order valence-corrected chi connectivity index (χ4v) is 2.56. The largest absolute Gasteiger partial charge is 0.353 e. The number of amides is 1. The van der Waals surface area contributed by atoms with Crippen LogP contribution in [0.4, 0.5) is 4.39 Å². The molecule has 1 atom stereocenters. The number of fused-ring (bicyclic) bond motifs is 1. The molecular formula is C15H17ClFN3O. The molecule has 1 amide bonds. The number of halogens is 2. The smallest absolute Gasteiger partial charge is 0.222 e. The number of hydrogen-bond donors (Lipinski definition) is 1. The van der Waals surface area contributed by atoms with Crippen LogP contribution in [0.3, 0.4) is 0 Å². The van der Waals surface area contributed by atoms with Crippen LogP contribution in [-0.4, -0.2) is 21.5 Å². The Hall–Kier alpha value is -1.62. The maximum absolute atomic E-state index is 13.5. The number of nitrogens with zero attached hydrogens (tertiary/aromatic N) is 2. The number of aryl methyl sites for hydroxylation is 1. The quantitative estimate of drug-likeness (QED) is 0.863. The number of alkyl halides is 1. The Morgan fingerprint density at radius 3 is 3.00 bits per heavy atom. The highest BCUT2D eigenvalue weighted by Crippen LogP contribution is 2.25. The normalized spacial score (nSPS) is 16.1. The summed E-state index contributed by atoms with van der Waals surface area (Å²) in [6.07, 6.45) is 2.47. The van der Waals surface area contributed by atoms with Crippen LogP contribution in [-0.2, 0) is 11.3 Å². The van der Waals surface area contributed by atoms with Gasteiger partial charge in [0.1, 0.15) is 11.6 Å². The summed E-state index contributed by atoms with van der Waals surface area (Å²) in [5.41, 5.74) is 1.37. The number of nitrogens with one attached hydrogen (secondary N) is 1. The molecule has 6 heteroatoms. The van der Waals surface area contributed by atoms with Gasteiger partial charge in [-0.2, -0.15) is 0 Å². The zero-order valence-electron chi connectivity index (χ0n) is 11.8. The molecule has 4 nitrogen and oxygen atoms in total. The molecule has 3 rings (SSSR count). The minimum Gasteiger partial charge on any atom is -0.353 e. The first-order valence-electron chi connectivity index (χ1n) is 7.13. The van der Waals surface area contributed by atoms with Gasteiger partial charge >= 0.3 is 0 Å². The molecule has 1 heterocycles. The molecule has 1 fully saturated rings. The van der Waals surface area contributed by atoms with E-state index in [0.29, 0.717) is 35.9 Å². The van der Waals surface area contributed by atoms with Gasteiger partial charge in [-0.3, -0.25) is 4.79 Å². The molecular weight excluding hydrogens is 293 g/mol. The van der Waals surface area contributed by atoms with Crippen molar-refractivity contribution in [3.8, 4) is 0 Å². The first-order chi connectivity index (χ1) is 10.0. The zero-order chi connectivity index (χ0) is 15.0. The van der Waals surface area contributed by atoms with Crippen molar-refractivity contribution in [1.82, 2.24) is 14.9 Å². The number of hydrogen-bond acceptors (Lipinski definition) is 2. The van der Waals surface area contributed by atoms with Crippen LogP contribution in [0.1, 0.15) is 37.4 Å². The molecule has 1 aromatic heterocycles. The SMILES string of the molecule is CC(Cl)c1nc2ccc(F)cc2n1CCC(=O)NC1CC1. The van der Waals surface area contributed by atoms with Crippen LogP contribution < -0.4 is 5.32 Å². The van der Waals surface area contributed by atoms with E-state index in [9.17, 15) is 9.18 Å². The van der Waals surface area contributed by atoms with Gasteiger partial charge in [0.15, 0.2) is 0 Å². The molecule has 0 saturated heterocycles. The molecule has 1 aliphatic rings. The molecule has 1 saturated carbocycles. The van der Waals surface area contributed by atoms with Gasteiger partial charge < -0.3 is 9.88 Å². The lowest BCUT2D eigenvalue weighted by atomic mass is 10.3. The van der Waals surface area contributed by atoms with Gasteiger partial charge in [-0.05, 0) is 38.0 Å². The lowest BCUT2D eigenvalue weighted by Crippen LogP contribution is -2.26. The van der Waals surface area contributed by atoms with Crippen molar-refractivity contribution >= 4 is 28.5 Å². The Balaban J connectivity index is 1.85. The Morgan fingerprint density at radius 1 is 1.57 bits per heavy atom. The molecule has 0 bridgehead atoms. The fourth-order valence-electron chi connectivity index (χ4n) is 2.39. The van der Waals surface area contributed by atoms with E-state index >= 15 is 0 Å². The van der Waals surface area contributed by atoms with Gasteiger partial charge in [0.05, 0.1) is 16.4 Å². The molecule has 1 aromatic carbocycles. The second-order valence-electron chi connectivity index (χ2n) is 5.46.